The van der Waals surface area contributed by atoms with Gasteiger partial charge >= 0.3 is 11.9 Å². The van der Waals surface area contributed by atoms with Crippen molar-refractivity contribution in [3.8, 4) is 0 Å². The molecule has 8 heteroatoms. The fraction of sp³-hybridized carbons (Fsp3) is 0.333. The van der Waals surface area contributed by atoms with Crippen LogP contribution in [0.1, 0.15) is 56.3 Å². The van der Waals surface area contributed by atoms with Gasteiger partial charge in [-0.05, 0) is 39.8 Å². The summed E-state index contributed by atoms with van der Waals surface area (Å²) in [4.78, 5) is 52.1. The van der Waals surface area contributed by atoms with Crippen molar-refractivity contribution in [3.63, 3.8) is 0 Å². The van der Waals surface area contributed by atoms with Crippen molar-refractivity contribution in [1.82, 2.24) is 4.98 Å². The number of ether oxygens (including phenoxy) is 2. The van der Waals surface area contributed by atoms with Crippen LogP contribution in [0.5, 0.6) is 0 Å². The van der Waals surface area contributed by atoms with E-state index in [1.165, 1.54) is 18.7 Å². The molecule has 29 heavy (non-hydrogen) atoms. The summed E-state index contributed by atoms with van der Waals surface area (Å²) in [6, 6.07) is 6.71. The molecule has 0 atom stereocenters. The highest BCUT2D eigenvalue weighted by Gasteiger charge is 2.26. The number of H-pyrrole nitrogens is 1. The number of hydrogen-bond donors (Lipinski definition) is 1. The maximum atomic E-state index is 12.7. The first-order valence-corrected chi connectivity index (χ1v) is 10.0. The zero-order chi connectivity index (χ0) is 21.6. The Morgan fingerprint density at radius 1 is 0.966 bits per heavy atom. The second-order valence-corrected chi connectivity index (χ2v) is 7.35. The summed E-state index contributed by atoms with van der Waals surface area (Å²) in [6.07, 6.45) is 0. The molecule has 0 aliphatic heterocycles. The van der Waals surface area contributed by atoms with Crippen LogP contribution < -0.4 is 0 Å². The molecule has 0 unspecified atom stereocenters. The molecule has 7 nitrogen and oxygen atoms in total. The molecule has 1 heterocycles. The Morgan fingerprint density at radius 3 is 2.28 bits per heavy atom. The fourth-order valence-corrected chi connectivity index (χ4v) is 3.65. The van der Waals surface area contributed by atoms with E-state index in [2.05, 4.69) is 4.98 Å². The van der Waals surface area contributed by atoms with Crippen LogP contribution in [0.2, 0.25) is 0 Å². The van der Waals surface area contributed by atoms with Crippen molar-refractivity contribution in [2.24, 2.45) is 0 Å². The van der Waals surface area contributed by atoms with Gasteiger partial charge in [-0.15, -0.1) is 11.8 Å². The lowest BCUT2D eigenvalue weighted by Crippen LogP contribution is -2.18. The van der Waals surface area contributed by atoms with E-state index in [-0.39, 0.29) is 34.8 Å². The SMILES string of the molecule is CCOC(=O)c1c(C)[nH]c(C)c1C(=O)COC(=O)c1ccccc1SCC(C)=O. The Hall–Kier alpha value is -2.87. The number of Topliss-reactive ketones (excluding diaryl/α,β-unsaturated/α-hetero) is 2. The van der Waals surface area contributed by atoms with Crippen LogP contribution in [0.15, 0.2) is 29.2 Å². The van der Waals surface area contributed by atoms with Gasteiger partial charge in [0.05, 0.1) is 29.1 Å². The zero-order valence-corrected chi connectivity index (χ0v) is 17.6. The molecule has 2 aromatic rings. The lowest BCUT2D eigenvalue weighted by Gasteiger charge is -2.09. The van der Waals surface area contributed by atoms with E-state index in [1.807, 2.05) is 0 Å². The average Bonchev–Trinajstić information content (AvgIpc) is 2.98. The summed E-state index contributed by atoms with van der Waals surface area (Å²) in [7, 11) is 0. The van der Waals surface area contributed by atoms with E-state index in [0.717, 1.165) is 0 Å². The van der Waals surface area contributed by atoms with Crippen LogP contribution in [0.25, 0.3) is 0 Å². The Bertz CT molecular complexity index is 947. The zero-order valence-electron chi connectivity index (χ0n) is 16.8. The van der Waals surface area contributed by atoms with Gasteiger partial charge in [0, 0.05) is 16.3 Å². The molecule has 0 bridgehead atoms. The number of rotatable bonds is 9. The largest absolute Gasteiger partial charge is 0.462 e. The summed E-state index contributed by atoms with van der Waals surface area (Å²) < 4.78 is 10.2. The maximum Gasteiger partial charge on any atom is 0.340 e. The molecular formula is C21H23NO6S. The number of carbonyl (C=O) groups excluding carboxylic acids is 4. The van der Waals surface area contributed by atoms with Gasteiger partial charge in [-0.2, -0.15) is 0 Å². The van der Waals surface area contributed by atoms with Crippen molar-refractivity contribution in [2.75, 3.05) is 19.0 Å². The Kier molecular flexibility index (Phi) is 7.78. The molecular weight excluding hydrogens is 394 g/mol. The van der Waals surface area contributed by atoms with E-state index in [0.29, 0.717) is 16.3 Å². The lowest BCUT2D eigenvalue weighted by molar-refractivity contribution is -0.114. The molecule has 0 fully saturated rings. The van der Waals surface area contributed by atoms with E-state index in [1.54, 1.807) is 45.0 Å². The monoisotopic (exact) mass is 417 g/mol. The second kappa shape index (κ2) is 10.1. The fourth-order valence-electron chi connectivity index (χ4n) is 2.81. The molecule has 0 saturated carbocycles. The standard InChI is InChI=1S/C21H23NO6S/c1-5-27-21(26)19-14(4)22-13(3)18(19)16(24)10-28-20(25)15-8-6-7-9-17(15)29-11-12(2)23/h6-9,22H,5,10-11H2,1-4H3. The number of thioether (sulfide) groups is 1. The summed E-state index contributed by atoms with van der Waals surface area (Å²) in [6.45, 7) is 6.14. The number of nitrogens with one attached hydrogen (secondary N) is 1. The number of carbonyl (C=O) groups is 4. The molecule has 154 valence electrons. The van der Waals surface area contributed by atoms with Crippen LogP contribution in [0.3, 0.4) is 0 Å². The third-order valence-corrected chi connectivity index (χ3v) is 5.22. The quantitative estimate of drug-likeness (QED) is 0.378. The highest BCUT2D eigenvalue weighted by molar-refractivity contribution is 8.00. The normalized spacial score (nSPS) is 10.5. The number of aryl methyl sites for hydroxylation is 2. The first-order chi connectivity index (χ1) is 13.8. The highest BCUT2D eigenvalue weighted by atomic mass is 32.2. The van der Waals surface area contributed by atoms with Gasteiger partial charge in [0.25, 0.3) is 0 Å². The smallest absolute Gasteiger partial charge is 0.340 e. The lowest BCUT2D eigenvalue weighted by atomic mass is 10.1. The third-order valence-electron chi connectivity index (χ3n) is 4.01. The highest BCUT2D eigenvalue weighted by Crippen LogP contribution is 2.24. The number of hydrogen-bond acceptors (Lipinski definition) is 7. The molecule has 2 rings (SSSR count). The van der Waals surface area contributed by atoms with Crippen molar-refractivity contribution >= 4 is 35.3 Å². The van der Waals surface area contributed by atoms with Gasteiger partial charge in [-0.3, -0.25) is 9.59 Å². The summed E-state index contributed by atoms with van der Waals surface area (Å²) in [5.74, 6) is -1.56. The van der Waals surface area contributed by atoms with Crippen molar-refractivity contribution < 1.29 is 28.7 Å². The van der Waals surface area contributed by atoms with E-state index in [4.69, 9.17) is 9.47 Å². The number of esters is 2. The average molecular weight is 417 g/mol. The molecule has 0 saturated heterocycles. The molecule has 1 N–H and O–H groups in total. The van der Waals surface area contributed by atoms with Gasteiger partial charge in [0.2, 0.25) is 5.78 Å². The number of aromatic nitrogens is 1. The molecule has 0 spiro atoms. The van der Waals surface area contributed by atoms with Crippen molar-refractivity contribution in [3.05, 3.63) is 52.3 Å². The van der Waals surface area contributed by atoms with Crippen LogP contribution in [-0.4, -0.2) is 47.5 Å². The predicted molar refractivity (Wildman–Crippen MR) is 109 cm³/mol. The minimum Gasteiger partial charge on any atom is -0.462 e. The van der Waals surface area contributed by atoms with Crippen molar-refractivity contribution in [2.45, 2.75) is 32.6 Å². The summed E-state index contributed by atoms with van der Waals surface area (Å²) >= 11 is 1.23. The second-order valence-electron chi connectivity index (χ2n) is 6.33. The van der Waals surface area contributed by atoms with Crippen LogP contribution >= 0.6 is 11.8 Å². The minimum absolute atomic E-state index is 0.0156. The van der Waals surface area contributed by atoms with Gasteiger partial charge in [-0.1, -0.05) is 12.1 Å². The molecule has 0 amide bonds. The maximum absolute atomic E-state index is 12.7. The predicted octanol–water partition coefficient (Wildman–Crippen LogP) is 3.53. The van der Waals surface area contributed by atoms with Crippen LogP contribution in [0.4, 0.5) is 0 Å². The van der Waals surface area contributed by atoms with Crippen LogP contribution in [-0.2, 0) is 14.3 Å². The van der Waals surface area contributed by atoms with Gasteiger partial charge < -0.3 is 14.5 Å². The minimum atomic E-state index is -0.674. The third kappa shape index (κ3) is 5.57. The number of ketones is 2. The Balaban J connectivity index is 2.15. The number of benzene rings is 1. The first-order valence-electron chi connectivity index (χ1n) is 9.04. The van der Waals surface area contributed by atoms with E-state index < -0.39 is 24.3 Å². The van der Waals surface area contributed by atoms with E-state index in [9.17, 15) is 19.2 Å². The van der Waals surface area contributed by atoms with E-state index >= 15 is 0 Å². The topological polar surface area (TPSA) is 103 Å². The summed E-state index contributed by atoms with van der Waals surface area (Å²) in [5, 5.41) is 0. The van der Waals surface area contributed by atoms with Crippen LogP contribution in [0, 0.1) is 13.8 Å². The Labute approximate surface area is 173 Å². The first kappa shape index (κ1) is 22.4. The van der Waals surface area contributed by atoms with Gasteiger partial charge in [0.15, 0.2) is 6.61 Å². The molecule has 0 aliphatic rings. The van der Waals surface area contributed by atoms with Gasteiger partial charge in [-0.25, -0.2) is 9.59 Å². The van der Waals surface area contributed by atoms with Crippen molar-refractivity contribution in [1.29, 1.82) is 0 Å². The summed E-state index contributed by atoms with van der Waals surface area (Å²) in [5.41, 5.74) is 1.61. The molecule has 1 aromatic carbocycles. The molecule has 0 aliphatic carbocycles. The molecule has 1 aromatic heterocycles. The number of aromatic amines is 1. The van der Waals surface area contributed by atoms with Gasteiger partial charge in [0.1, 0.15) is 5.78 Å². The Morgan fingerprint density at radius 2 is 1.62 bits per heavy atom. The molecule has 0 radical (unpaired) electrons.